The zero-order chi connectivity index (χ0) is 9.78. The highest BCUT2D eigenvalue weighted by Crippen LogP contribution is 2.27. The van der Waals surface area contributed by atoms with Gasteiger partial charge in [0.25, 0.3) is 0 Å². The molecule has 0 spiro atoms. The first kappa shape index (κ1) is 11.7. The molecule has 0 heterocycles. The van der Waals surface area contributed by atoms with E-state index in [0.717, 1.165) is 0 Å². The Morgan fingerprint density at radius 3 is 2.08 bits per heavy atom. The van der Waals surface area contributed by atoms with Crippen LogP contribution in [0.3, 0.4) is 0 Å². The summed E-state index contributed by atoms with van der Waals surface area (Å²) in [5, 5.41) is 0. The molecule has 0 aliphatic carbocycles. The van der Waals surface area contributed by atoms with Gasteiger partial charge in [-0.05, 0) is 27.1 Å². The summed E-state index contributed by atoms with van der Waals surface area (Å²) in [4.78, 5) is 1.72. The Balaban J connectivity index is 3.84. The summed E-state index contributed by atoms with van der Waals surface area (Å²) in [5.41, 5.74) is 5.01. The van der Waals surface area contributed by atoms with Gasteiger partial charge in [-0.3, -0.25) is 0 Å². The van der Waals surface area contributed by atoms with E-state index in [4.69, 9.17) is 5.73 Å². The van der Waals surface area contributed by atoms with Crippen molar-refractivity contribution >= 4 is 0 Å². The minimum Gasteiger partial charge on any atom is -0.330 e. The van der Waals surface area contributed by atoms with Crippen LogP contribution in [0.15, 0.2) is 0 Å². The van der Waals surface area contributed by atoms with Crippen LogP contribution in [0.5, 0.6) is 0 Å². The molecule has 5 heteroatoms. The van der Waals surface area contributed by atoms with Gasteiger partial charge in [-0.2, -0.15) is 13.2 Å². The summed E-state index contributed by atoms with van der Waals surface area (Å²) >= 11 is 0. The van der Waals surface area contributed by atoms with Gasteiger partial charge in [0.2, 0.25) is 0 Å². The standard InChI is InChI=1S/C7H15F3N2/c1-12(2)4-3-6(5-11)7(8,9)10/h6H,3-5,11H2,1-2H3. The molecular weight excluding hydrogens is 169 g/mol. The molecule has 0 aromatic heterocycles. The molecule has 0 aromatic carbocycles. The van der Waals surface area contributed by atoms with E-state index in [1.54, 1.807) is 19.0 Å². The predicted octanol–water partition coefficient (Wildman–Crippen LogP) is 1.08. The first-order valence-electron chi connectivity index (χ1n) is 3.79. The Morgan fingerprint density at radius 1 is 1.33 bits per heavy atom. The monoisotopic (exact) mass is 184 g/mol. The van der Waals surface area contributed by atoms with Gasteiger partial charge in [0.05, 0.1) is 5.92 Å². The molecule has 0 aliphatic rings. The Hall–Kier alpha value is -0.290. The Kier molecular flexibility index (Phi) is 4.55. The van der Waals surface area contributed by atoms with Gasteiger partial charge in [-0.15, -0.1) is 0 Å². The topological polar surface area (TPSA) is 29.3 Å². The van der Waals surface area contributed by atoms with Crippen LogP contribution in [0, 0.1) is 5.92 Å². The molecule has 0 saturated heterocycles. The summed E-state index contributed by atoms with van der Waals surface area (Å²) < 4.78 is 36.2. The van der Waals surface area contributed by atoms with Crippen LogP contribution in [0.2, 0.25) is 0 Å². The lowest BCUT2D eigenvalue weighted by Crippen LogP contribution is -2.32. The normalized spacial score (nSPS) is 15.2. The second kappa shape index (κ2) is 4.67. The number of hydrogen-bond donors (Lipinski definition) is 1. The first-order chi connectivity index (χ1) is 5.38. The van der Waals surface area contributed by atoms with Gasteiger partial charge < -0.3 is 10.6 Å². The molecule has 0 fully saturated rings. The van der Waals surface area contributed by atoms with Crippen LogP contribution in [0.1, 0.15) is 6.42 Å². The highest BCUT2D eigenvalue weighted by molar-refractivity contribution is 4.69. The molecule has 0 aromatic rings. The van der Waals surface area contributed by atoms with Gasteiger partial charge in [0.1, 0.15) is 0 Å². The highest BCUT2D eigenvalue weighted by Gasteiger charge is 2.37. The second-order valence-electron chi connectivity index (χ2n) is 3.07. The van der Waals surface area contributed by atoms with E-state index in [9.17, 15) is 13.2 Å². The summed E-state index contributed by atoms with van der Waals surface area (Å²) in [6, 6.07) is 0. The largest absolute Gasteiger partial charge is 0.393 e. The van der Waals surface area contributed by atoms with Gasteiger partial charge in [0, 0.05) is 6.54 Å². The van der Waals surface area contributed by atoms with Crippen LogP contribution in [-0.2, 0) is 0 Å². The van der Waals surface area contributed by atoms with E-state index in [1.165, 1.54) is 0 Å². The predicted molar refractivity (Wildman–Crippen MR) is 41.8 cm³/mol. The molecule has 12 heavy (non-hydrogen) atoms. The molecule has 2 N–H and O–H groups in total. The Labute approximate surface area is 70.5 Å². The van der Waals surface area contributed by atoms with E-state index in [2.05, 4.69) is 0 Å². The smallest absolute Gasteiger partial charge is 0.330 e. The summed E-state index contributed by atoms with van der Waals surface area (Å²) in [7, 11) is 3.48. The third-order valence-corrected chi connectivity index (χ3v) is 1.67. The number of halogens is 3. The summed E-state index contributed by atoms with van der Waals surface area (Å²) in [6.07, 6.45) is -4.07. The third kappa shape index (κ3) is 4.56. The fourth-order valence-corrected chi connectivity index (χ4v) is 0.829. The maximum atomic E-state index is 12.1. The Bertz CT molecular complexity index is 122. The molecule has 0 amide bonds. The maximum Gasteiger partial charge on any atom is 0.393 e. The van der Waals surface area contributed by atoms with Crippen molar-refractivity contribution in [3.05, 3.63) is 0 Å². The molecule has 0 bridgehead atoms. The van der Waals surface area contributed by atoms with Crippen molar-refractivity contribution in [1.82, 2.24) is 4.90 Å². The average Bonchev–Trinajstić information content (AvgIpc) is 1.85. The van der Waals surface area contributed by atoms with E-state index in [1.807, 2.05) is 0 Å². The van der Waals surface area contributed by atoms with Crippen LogP contribution >= 0.6 is 0 Å². The molecule has 0 saturated carbocycles. The molecular formula is C7H15F3N2. The molecule has 2 nitrogen and oxygen atoms in total. The average molecular weight is 184 g/mol. The SMILES string of the molecule is CN(C)CCC(CN)C(F)(F)F. The number of hydrogen-bond acceptors (Lipinski definition) is 2. The van der Waals surface area contributed by atoms with E-state index < -0.39 is 12.1 Å². The summed E-state index contributed by atoms with van der Waals surface area (Å²) in [5.74, 6) is -1.36. The van der Waals surface area contributed by atoms with E-state index in [-0.39, 0.29) is 13.0 Å². The van der Waals surface area contributed by atoms with Gasteiger partial charge >= 0.3 is 6.18 Å². The number of rotatable bonds is 4. The van der Waals surface area contributed by atoms with Crippen LogP contribution in [-0.4, -0.2) is 38.3 Å². The fraction of sp³-hybridized carbons (Fsp3) is 1.00. The van der Waals surface area contributed by atoms with Gasteiger partial charge in [-0.25, -0.2) is 0 Å². The number of nitrogens with zero attached hydrogens (tertiary/aromatic N) is 1. The van der Waals surface area contributed by atoms with Crippen molar-refractivity contribution in [1.29, 1.82) is 0 Å². The molecule has 0 aliphatic heterocycles. The van der Waals surface area contributed by atoms with Crippen LogP contribution < -0.4 is 5.73 Å². The minimum absolute atomic E-state index is 0.0764. The van der Waals surface area contributed by atoms with E-state index >= 15 is 0 Å². The third-order valence-electron chi connectivity index (χ3n) is 1.67. The first-order valence-corrected chi connectivity index (χ1v) is 3.79. The highest BCUT2D eigenvalue weighted by atomic mass is 19.4. The summed E-state index contributed by atoms with van der Waals surface area (Å²) in [6.45, 7) is 0.0959. The lowest BCUT2D eigenvalue weighted by molar-refractivity contribution is -0.173. The van der Waals surface area contributed by atoms with Crippen molar-refractivity contribution in [2.45, 2.75) is 12.6 Å². The zero-order valence-corrected chi connectivity index (χ0v) is 7.36. The fourth-order valence-electron chi connectivity index (χ4n) is 0.829. The number of nitrogens with two attached hydrogens (primary N) is 1. The lowest BCUT2D eigenvalue weighted by atomic mass is 10.1. The minimum atomic E-state index is -4.15. The molecule has 0 rings (SSSR count). The molecule has 1 unspecified atom stereocenters. The lowest BCUT2D eigenvalue weighted by Gasteiger charge is -2.20. The second-order valence-corrected chi connectivity index (χ2v) is 3.07. The maximum absolute atomic E-state index is 12.1. The van der Waals surface area contributed by atoms with Crippen molar-refractivity contribution < 1.29 is 13.2 Å². The van der Waals surface area contributed by atoms with Crippen LogP contribution in [0.25, 0.3) is 0 Å². The zero-order valence-electron chi connectivity index (χ0n) is 7.36. The molecule has 0 radical (unpaired) electrons. The van der Waals surface area contributed by atoms with E-state index in [0.29, 0.717) is 6.54 Å². The van der Waals surface area contributed by atoms with Gasteiger partial charge in [0.15, 0.2) is 0 Å². The molecule has 1 atom stereocenters. The number of alkyl halides is 3. The van der Waals surface area contributed by atoms with Crippen molar-refractivity contribution in [2.75, 3.05) is 27.2 Å². The molecule has 74 valence electrons. The quantitative estimate of drug-likeness (QED) is 0.708. The Morgan fingerprint density at radius 2 is 1.83 bits per heavy atom. The van der Waals surface area contributed by atoms with Crippen molar-refractivity contribution in [2.24, 2.45) is 11.7 Å². The van der Waals surface area contributed by atoms with Gasteiger partial charge in [-0.1, -0.05) is 0 Å². The van der Waals surface area contributed by atoms with Crippen molar-refractivity contribution in [3.8, 4) is 0 Å². The van der Waals surface area contributed by atoms with Crippen molar-refractivity contribution in [3.63, 3.8) is 0 Å². The van der Waals surface area contributed by atoms with Crippen LogP contribution in [0.4, 0.5) is 13.2 Å².